The maximum atomic E-state index is 12.7. The van der Waals surface area contributed by atoms with Crippen LogP contribution in [-0.2, 0) is 0 Å². The molecule has 2 aromatic carbocycles. The highest BCUT2D eigenvalue weighted by Gasteiger charge is 2.31. The third-order valence-electron chi connectivity index (χ3n) is 3.99. The molecule has 2 aromatic heterocycles. The fraction of sp³-hybridized carbons (Fsp3) is 0.0500. The Labute approximate surface area is 177 Å². The number of alkyl halides is 3. The number of aromatic nitrogens is 2. The van der Waals surface area contributed by atoms with Gasteiger partial charge in [-0.25, -0.2) is 4.98 Å². The number of hydrogen-bond donors (Lipinski definition) is 2. The van der Waals surface area contributed by atoms with E-state index in [1.807, 2.05) is 0 Å². The Morgan fingerprint density at radius 1 is 1.10 bits per heavy atom. The molecule has 0 saturated heterocycles. The summed E-state index contributed by atoms with van der Waals surface area (Å²) in [5.74, 6) is -0.0302. The molecular formula is C20H13F3N4O3S. The van der Waals surface area contributed by atoms with Gasteiger partial charge in [-0.15, -0.1) is 24.5 Å². The summed E-state index contributed by atoms with van der Waals surface area (Å²) in [6.45, 7) is 0. The summed E-state index contributed by atoms with van der Waals surface area (Å²) in [4.78, 5) is 20.4. The van der Waals surface area contributed by atoms with E-state index in [9.17, 15) is 18.0 Å². The van der Waals surface area contributed by atoms with Crippen molar-refractivity contribution in [3.8, 4) is 17.4 Å². The number of hydrogen-bond acceptors (Lipinski definition) is 7. The van der Waals surface area contributed by atoms with E-state index < -0.39 is 18.0 Å². The largest absolute Gasteiger partial charge is 0.573 e. The first-order valence-electron chi connectivity index (χ1n) is 8.72. The molecule has 4 aromatic rings. The molecule has 0 aliphatic heterocycles. The van der Waals surface area contributed by atoms with Gasteiger partial charge in [0, 0.05) is 39.5 Å². The van der Waals surface area contributed by atoms with E-state index in [4.69, 9.17) is 10.5 Å². The number of nitrogens with one attached hydrogen (secondary N) is 1. The number of halogens is 3. The molecule has 0 bridgehead atoms. The molecule has 0 unspecified atom stereocenters. The van der Waals surface area contributed by atoms with Gasteiger partial charge in [-0.1, -0.05) is 6.07 Å². The second-order valence-corrected chi connectivity index (χ2v) is 7.10. The highest BCUT2D eigenvalue weighted by atomic mass is 32.1. The number of fused-ring (bicyclic) bond motifs is 1. The highest BCUT2D eigenvalue weighted by Crippen LogP contribution is 2.32. The van der Waals surface area contributed by atoms with Gasteiger partial charge >= 0.3 is 6.36 Å². The van der Waals surface area contributed by atoms with E-state index in [0.29, 0.717) is 16.7 Å². The minimum Gasteiger partial charge on any atom is -0.439 e. The van der Waals surface area contributed by atoms with E-state index in [0.717, 1.165) is 16.8 Å². The van der Waals surface area contributed by atoms with Crippen LogP contribution in [0.3, 0.4) is 0 Å². The van der Waals surface area contributed by atoms with Crippen molar-refractivity contribution in [2.75, 3.05) is 11.1 Å². The van der Waals surface area contributed by atoms with E-state index in [-0.39, 0.29) is 17.5 Å². The van der Waals surface area contributed by atoms with Gasteiger partial charge in [-0.05, 0) is 30.3 Å². The van der Waals surface area contributed by atoms with Gasteiger partial charge in [0.2, 0.25) is 11.8 Å². The molecule has 2 heterocycles. The van der Waals surface area contributed by atoms with E-state index in [1.54, 1.807) is 29.6 Å². The number of benzene rings is 2. The zero-order chi connectivity index (χ0) is 22.0. The van der Waals surface area contributed by atoms with Crippen molar-refractivity contribution in [3.05, 3.63) is 65.7 Å². The summed E-state index contributed by atoms with van der Waals surface area (Å²) >= 11 is 1.32. The Hall–Kier alpha value is -3.86. The van der Waals surface area contributed by atoms with E-state index in [2.05, 4.69) is 20.0 Å². The monoisotopic (exact) mass is 446 g/mol. The molecule has 0 radical (unpaired) electrons. The molecule has 0 spiro atoms. The molecule has 1 amide bonds. The van der Waals surface area contributed by atoms with Crippen LogP contribution in [0.25, 0.3) is 10.1 Å². The van der Waals surface area contributed by atoms with Gasteiger partial charge in [-0.2, -0.15) is 4.98 Å². The molecule has 0 aliphatic carbocycles. The highest BCUT2D eigenvalue weighted by molar-refractivity contribution is 7.17. The summed E-state index contributed by atoms with van der Waals surface area (Å²) in [6.07, 6.45) is -3.35. The number of anilines is 2. The van der Waals surface area contributed by atoms with Crippen LogP contribution in [0.2, 0.25) is 0 Å². The van der Waals surface area contributed by atoms with E-state index >= 15 is 0 Å². The van der Waals surface area contributed by atoms with Crippen LogP contribution in [0.4, 0.5) is 24.8 Å². The second kappa shape index (κ2) is 8.11. The zero-order valence-electron chi connectivity index (χ0n) is 15.5. The lowest BCUT2D eigenvalue weighted by molar-refractivity contribution is -0.274. The summed E-state index contributed by atoms with van der Waals surface area (Å²) in [6, 6.07) is 11.7. The number of amides is 1. The Morgan fingerprint density at radius 2 is 1.94 bits per heavy atom. The number of nitrogens with two attached hydrogens (primary N) is 1. The van der Waals surface area contributed by atoms with Crippen molar-refractivity contribution in [3.63, 3.8) is 0 Å². The Bertz CT molecular complexity index is 1260. The number of carbonyl (C=O) groups is 1. The molecular weight excluding hydrogens is 433 g/mol. The SMILES string of the molecule is Nc1nccc(Oc2ccc3c(C(=O)Nc4cccc(OC(F)(F)F)c4)csc3c2)n1. The van der Waals surface area contributed by atoms with Gasteiger partial charge in [0.1, 0.15) is 11.5 Å². The molecule has 3 N–H and O–H groups in total. The van der Waals surface area contributed by atoms with Crippen LogP contribution in [0.1, 0.15) is 10.4 Å². The summed E-state index contributed by atoms with van der Waals surface area (Å²) in [7, 11) is 0. The Balaban J connectivity index is 1.52. The van der Waals surface area contributed by atoms with Crippen molar-refractivity contribution in [2.24, 2.45) is 0 Å². The maximum absolute atomic E-state index is 12.7. The lowest BCUT2D eigenvalue weighted by Crippen LogP contribution is -2.17. The smallest absolute Gasteiger partial charge is 0.439 e. The van der Waals surface area contributed by atoms with Crippen molar-refractivity contribution in [1.29, 1.82) is 0 Å². The first kappa shape index (κ1) is 20.4. The molecule has 0 fully saturated rings. The molecule has 31 heavy (non-hydrogen) atoms. The average molecular weight is 446 g/mol. The van der Waals surface area contributed by atoms with Crippen LogP contribution in [0, 0.1) is 0 Å². The minimum absolute atomic E-state index is 0.0818. The van der Waals surface area contributed by atoms with Crippen LogP contribution in [0.15, 0.2) is 60.1 Å². The van der Waals surface area contributed by atoms with Crippen molar-refractivity contribution >= 4 is 39.0 Å². The number of thiophene rings is 1. The van der Waals surface area contributed by atoms with Gasteiger partial charge in [-0.3, -0.25) is 4.79 Å². The number of ether oxygens (including phenoxy) is 2. The molecule has 7 nitrogen and oxygen atoms in total. The van der Waals surface area contributed by atoms with Gasteiger partial charge in [0.15, 0.2) is 0 Å². The molecule has 0 atom stereocenters. The normalized spacial score (nSPS) is 11.3. The number of rotatable bonds is 5. The molecule has 4 rings (SSSR count). The van der Waals surface area contributed by atoms with Crippen LogP contribution >= 0.6 is 11.3 Å². The van der Waals surface area contributed by atoms with Crippen LogP contribution in [0.5, 0.6) is 17.4 Å². The zero-order valence-corrected chi connectivity index (χ0v) is 16.3. The van der Waals surface area contributed by atoms with Crippen molar-refractivity contribution < 1.29 is 27.4 Å². The molecule has 158 valence electrons. The fourth-order valence-electron chi connectivity index (χ4n) is 2.75. The Morgan fingerprint density at radius 3 is 2.71 bits per heavy atom. The van der Waals surface area contributed by atoms with Gasteiger partial charge in [0.25, 0.3) is 5.91 Å². The standard InChI is InChI=1S/C20H13F3N4O3S/c21-20(22,23)30-13-3-1-2-11(8-13)26-18(28)15-10-31-16-9-12(4-5-14(15)16)29-17-6-7-25-19(24)27-17/h1-10H,(H,26,28)(H2,24,25,27). The van der Waals surface area contributed by atoms with Crippen molar-refractivity contribution in [1.82, 2.24) is 9.97 Å². The minimum atomic E-state index is -4.82. The number of nitrogens with zero attached hydrogens (tertiary/aromatic N) is 2. The van der Waals surface area contributed by atoms with Gasteiger partial charge in [0.05, 0.1) is 5.56 Å². The second-order valence-electron chi connectivity index (χ2n) is 6.19. The predicted molar refractivity (Wildman–Crippen MR) is 109 cm³/mol. The molecule has 11 heteroatoms. The first-order valence-corrected chi connectivity index (χ1v) is 9.59. The topological polar surface area (TPSA) is 99.4 Å². The lowest BCUT2D eigenvalue weighted by Gasteiger charge is -2.10. The van der Waals surface area contributed by atoms with Crippen LogP contribution in [-0.4, -0.2) is 22.2 Å². The van der Waals surface area contributed by atoms with Gasteiger partial charge < -0.3 is 20.5 Å². The third-order valence-corrected chi connectivity index (χ3v) is 4.93. The number of carbonyl (C=O) groups excluding carboxylic acids is 1. The predicted octanol–water partition coefficient (Wildman–Crippen LogP) is 5.22. The number of nitrogen functional groups attached to an aromatic ring is 1. The summed E-state index contributed by atoms with van der Waals surface area (Å²) in [5, 5.41) is 4.90. The summed E-state index contributed by atoms with van der Waals surface area (Å²) < 4.78 is 47.5. The van der Waals surface area contributed by atoms with E-state index in [1.165, 1.54) is 29.7 Å². The molecule has 0 aliphatic rings. The maximum Gasteiger partial charge on any atom is 0.573 e. The quantitative estimate of drug-likeness (QED) is 0.436. The average Bonchev–Trinajstić information content (AvgIpc) is 3.10. The fourth-order valence-corrected chi connectivity index (χ4v) is 3.72. The lowest BCUT2D eigenvalue weighted by atomic mass is 10.1. The summed E-state index contributed by atoms with van der Waals surface area (Å²) in [5.41, 5.74) is 6.08. The molecule has 0 saturated carbocycles. The third kappa shape index (κ3) is 5.01. The Kier molecular flexibility index (Phi) is 5.34. The van der Waals surface area contributed by atoms with Crippen LogP contribution < -0.4 is 20.5 Å². The van der Waals surface area contributed by atoms with Crippen molar-refractivity contribution in [2.45, 2.75) is 6.36 Å². The first-order chi connectivity index (χ1) is 14.8.